The summed E-state index contributed by atoms with van der Waals surface area (Å²) in [5.74, 6) is -0.121. The Kier molecular flexibility index (Phi) is 3.24. The third-order valence-electron chi connectivity index (χ3n) is 3.04. The summed E-state index contributed by atoms with van der Waals surface area (Å²) in [4.78, 5) is 16.6. The van der Waals surface area contributed by atoms with Crippen molar-refractivity contribution in [3.63, 3.8) is 0 Å². The van der Waals surface area contributed by atoms with E-state index < -0.39 is 0 Å². The van der Waals surface area contributed by atoms with Gasteiger partial charge < -0.3 is 0 Å². The second kappa shape index (κ2) is 5.06. The molecule has 0 bridgehead atoms. The van der Waals surface area contributed by atoms with Crippen molar-refractivity contribution in [3.8, 4) is 0 Å². The van der Waals surface area contributed by atoms with Crippen LogP contribution >= 0.6 is 11.3 Å². The van der Waals surface area contributed by atoms with Crippen molar-refractivity contribution in [3.05, 3.63) is 59.2 Å². The average molecular weight is 282 g/mol. The van der Waals surface area contributed by atoms with Crippen LogP contribution < -0.4 is 5.32 Å². The molecule has 1 amide bonds. The number of fused-ring (bicyclic) bond motifs is 1. The molecule has 0 radical (unpaired) electrons. The predicted molar refractivity (Wildman–Crippen MR) is 83.5 cm³/mol. The number of aromatic nitrogens is 1. The second-order valence-electron chi connectivity index (χ2n) is 4.81. The van der Waals surface area contributed by atoms with Crippen molar-refractivity contribution < 1.29 is 4.79 Å². The van der Waals surface area contributed by atoms with Crippen LogP contribution in [-0.4, -0.2) is 10.9 Å². The van der Waals surface area contributed by atoms with Crippen LogP contribution in [0.2, 0.25) is 0 Å². The fourth-order valence-corrected chi connectivity index (χ4v) is 3.00. The van der Waals surface area contributed by atoms with E-state index in [1.54, 1.807) is 6.07 Å². The molecule has 4 heteroatoms. The van der Waals surface area contributed by atoms with E-state index in [0.29, 0.717) is 10.7 Å². The largest absolute Gasteiger partial charge is 0.298 e. The van der Waals surface area contributed by atoms with Gasteiger partial charge >= 0.3 is 0 Å². The first-order chi connectivity index (χ1) is 9.61. The maximum Gasteiger partial charge on any atom is 0.257 e. The molecule has 100 valence electrons. The minimum atomic E-state index is -0.121. The number of aryl methyl sites for hydroxylation is 2. The summed E-state index contributed by atoms with van der Waals surface area (Å²) in [6.45, 7) is 4.02. The van der Waals surface area contributed by atoms with E-state index in [1.165, 1.54) is 16.9 Å². The van der Waals surface area contributed by atoms with Gasteiger partial charge in [0.25, 0.3) is 5.91 Å². The van der Waals surface area contributed by atoms with E-state index in [2.05, 4.69) is 16.4 Å². The number of benzene rings is 2. The topological polar surface area (TPSA) is 42.0 Å². The van der Waals surface area contributed by atoms with Gasteiger partial charge in [0, 0.05) is 5.56 Å². The van der Waals surface area contributed by atoms with Gasteiger partial charge in [0.2, 0.25) is 0 Å². The number of carbonyl (C=O) groups is 1. The molecule has 1 aromatic heterocycles. The van der Waals surface area contributed by atoms with Crippen molar-refractivity contribution in [1.29, 1.82) is 0 Å². The molecule has 20 heavy (non-hydrogen) atoms. The Morgan fingerprint density at radius 3 is 2.70 bits per heavy atom. The van der Waals surface area contributed by atoms with E-state index in [4.69, 9.17) is 0 Å². The predicted octanol–water partition coefficient (Wildman–Crippen LogP) is 4.17. The summed E-state index contributed by atoms with van der Waals surface area (Å²) in [6, 6.07) is 13.6. The zero-order chi connectivity index (χ0) is 14.1. The van der Waals surface area contributed by atoms with Gasteiger partial charge in [0.05, 0.1) is 10.2 Å². The van der Waals surface area contributed by atoms with Crippen molar-refractivity contribution in [2.24, 2.45) is 0 Å². The summed E-state index contributed by atoms with van der Waals surface area (Å²) in [7, 11) is 0. The molecule has 0 aliphatic rings. The smallest absolute Gasteiger partial charge is 0.257 e. The van der Waals surface area contributed by atoms with Crippen LogP contribution in [0.1, 0.15) is 21.5 Å². The van der Waals surface area contributed by atoms with Crippen LogP contribution in [-0.2, 0) is 0 Å². The number of amides is 1. The van der Waals surface area contributed by atoms with E-state index in [-0.39, 0.29) is 5.91 Å². The summed E-state index contributed by atoms with van der Waals surface area (Å²) in [5.41, 5.74) is 3.83. The van der Waals surface area contributed by atoms with Gasteiger partial charge in [-0.1, -0.05) is 35.1 Å². The number of nitrogens with one attached hydrogen (secondary N) is 1. The molecule has 0 aliphatic carbocycles. The molecule has 3 nitrogen and oxygen atoms in total. The van der Waals surface area contributed by atoms with Gasteiger partial charge in [-0.25, -0.2) is 4.98 Å². The first-order valence-electron chi connectivity index (χ1n) is 6.37. The maximum absolute atomic E-state index is 12.2. The number of hydrogen-bond acceptors (Lipinski definition) is 3. The average Bonchev–Trinajstić information content (AvgIpc) is 2.80. The number of anilines is 1. The Morgan fingerprint density at radius 2 is 1.90 bits per heavy atom. The van der Waals surface area contributed by atoms with Crippen LogP contribution in [0, 0.1) is 13.8 Å². The molecule has 2 aromatic carbocycles. The second-order valence-corrected chi connectivity index (χ2v) is 5.84. The molecule has 3 aromatic rings. The lowest BCUT2D eigenvalue weighted by Gasteiger charge is -2.02. The Bertz CT molecular complexity index is 792. The highest BCUT2D eigenvalue weighted by Gasteiger charge is 2.09. The molecule has 0 unspecified atom stereocenters. The quantitative estimate of drug-likeness (QED) is 0.766. The fraction of sp³-hybridized carbons (Fsp3) is 0.125. The number of nitrogens with zero attached hydrogens (tertiary/aromatic N) is 1. The molecule has 0 aliphatic heterocycles. The lowest BCUT2D eigenvalue weighted by atomic mass is 10.1. The SMILES string of the molecule is Cc1cccc(C(=O)Nc2nc3ccc(C)cc3s2)c1. The van der Waals surface area contributed by atoms with Crippen molar-refractivity contribution in [2.75, 3.05) is 5.32 Å². The van der Waals surface area contributed by atoms with Gasteiger partial charge in [-0.2, -0.15) is 0 Å². The first-order valence-corrected chi connectivity index (χ1v) is 7.19. The highest BCUT2D eigenvalue weighted by molar-refractivity contribution is 7.22. The standard InChI is InChI=1S/C16H14N2OS/c1-10-4-3-5-12(8-10)15(19)18-16-17-13-7-6-11(2)9-14(13)20-16/h3-9H,1-2H3,(H,17,18,19). The molecule has 0 spiro atoms. The van der Waals surface area contributed by atoms with Crippen LogP contribution in [0.25, 0.3) is 10.2 Å². The third kappa shape index (κ3) is 2.56. The normalized spacial score (nSPS) is 10.7. The lowest BCUT2D eigenvalue weighted by Crippen LogP contribution is -2.11. The number of hydrogen-bond donors (Lipinski definition) is 1. The zero-order valence-electron chi connectivity index (χ0n) is 11.3. The lowest BCUT2D eigenvalue weighted by molar-refractivity contribution is 0.102. The van der Waals surface area contributed by atoms with Crippen LogP contribution in [0.15, 0.2) is 42.5 Å². The van der Waals surface area contributed by atoms with Crippen LogP contribution in [0.3, 0.4) is 0 Å². The molecule has 3 rings (SSSR count). The van der Waals surface area contributed by atoms with E-state index >= 15 is 0 Å². The Balaban J connectivity index is 1.87. The molecule has 0 saturated carbocycles. The minimum Gasteiger partial charge on any atom is -0.298 e. The van der Waals surface area contributed by atoms with Gasteiger partial charge in [-0.3, -0.25) is 10.1 Å². The van der Waals surface area contributed by atoms with Gasteiger partial charge in [-0.15, -0.1) is 0 Å². The number of rotatable bonds is 2. The number of carbonyl (C=O) groups excluding carboxylic acids is 1. The zero-order valence-corrected chi connectivity index (χ0v) is 12.1. The van der Waals surface area contributed by atoms with Crippen LogP contribution in [0.4, 0.5) is 5.13 Å². The first kappa shape index (κ1) is 12.8. The van der Waals surface area contributed by atoms with Crippen molar-refractivity contribution in [1.82, 2.24) is 4.98 Å². The number of thiazole rings is 1. The third-order valence-corrected chi connectivity index (χ3v) is 3.98. The summed E-state index contributed by atoms with van der Waals surface area (Å²) < 4.78 is 1.09. The molecular formula is C16H14N2OS. The Hall–Kier alpha value is -2.20. The fourth-order valence-electron chi connectivity index (χ4n) is 2.04. The summed E-state index contributed by atoms with van der Waals surface area (Å²) >= 11 is 1.50. The maximum atomic E-state index is 12.2. The Labute approximate surface area is 121 Å². The van der Waals surface area contributed by atoms with Gasteiger partial charge in [0.15, 0.2) is 5.13 Å². The van der Waals surface area contributed by atoms with Crippen molar-refractivity contribution in [2.45, 2.75) is 13.8 Å². The highest BCUT2D eigenvalue weighted by atomic mass is 32.1. The Morgan fingerprint density at radius 1 is 1.10 bits per heavy atom. The minimum absolute atomic E-state index is 0.121. The van der Waals surface area contributed by atoms with E-state index in [9.17, 15) is 4.79 Å². The van der Waals surface area contributed by atoms with Gasteiger partial charge in [0.1, 0.15) is 0 Å². The summed E-state index contributed by atoms with van der Waals surface area (Å²) in [5, 5.41) is 3.50. The highest BCUT2D eigenvalue weighted by Crippen LogP contribution is 2.27. The molecule has 1 heterocycles. The van der Waals surface area contributed by atoms with Crippen molar-refractivity contribution >= 4 is 32.6 Å². The molecule has 0 atom stereocenters. The molecule has 0 saturated heterocycles. The summed E-state index contributed by atoms with van der Waals surface area (Å²) in [6.07, 6.45) is 0. The van der Waals surface area contributed by atoms with Crippen LogP contribution in [0.5, 0.6) is 0 Å². The molecular weight excluding hydrogens is 268 g/mol. The monoisotopic (exact) mass is 282 g/mol. The van der Waals surface area contributed by atoms with E-state index in [1.807, 2.05) is 44.2 Å². The molecule has 1 N–H and O–H groups in total. The molecule has 0 fully saturated rings. The van der Waals surface area contributed by atoms with E-state index in [0.717, 1.165) is 15.8 Å². The van der Waals surface area contributed by atoms with Gasteiger partial charge in [-0.05, 0) is 43.7 Å².